The van der Waals surface area contributed by atoms with Crippen LogP contribution in [0.25, 0.3) is 11.1 Å². The van der Waals surface area contributed by atoms with Crippen LogP contribution in [0.1, 0.15) is 28.1 Å². The van der Waals surface area contributed by atoms with Crippen molar-refractivity contribution in [1.82, 2.24) is 20.5 Å². The number of urea groups is 1. The quantitative estimate of drug-likeness (QED) is 0.439. The zero-order valence-corrected chi connectivity index (χ0v) is 19.1. The standard InChI is InChI=1S/C24H21N5O7/c1-35-13-3-2-12-10-28(20(31)14(12)8-13)11-24(22(33)26-23(34)27-24)18-9-15-17(36-18)4-5-19(25-15)29-7-6-16(30)21(29)32/h2-5,8-9,16,30H,6-7,10-11H2,1H3,(H2,26,27,33,34). The van der Waals surface area contributed by atoms with Crippen molar-refractivity contribution in [2.75, 3.05) is 25.1 Å². The van der Waals surface area contributed by atoms with Crippen LogP contribution in [0.3, 0.4) is 0 Å². The minimum absolute atomic E-state index is 0.0969. The van der Waals surface area contributed by atoms with Gasteiger partial charge in [0.2, 0.25) is 0 Å². The number of fused-ring (bicyclic) bond motifs is 2. The molecule has 3 aromatic rings. The first-order valence-electron chi connectivity index (χ1n) is 11.3. The van der Waals surface area contributed by atoms with Crippen molar-refractivity contribution in [1.29, 1.82) is 0 Å². The minimum atomic E-state index is -1.68. The van der Waals surface area contributed by atoms with Crippen molar-refractivity contribution in [2.45, 2.75) is 24.6 Å². The van der Waals surface area contributed by atoms with Gasteiger partial charge in [0.15, 0.2) is 11.1 Å². The number of aliphatic hydroxyl groups excluding tert-OH is 1. The van der Waals surface area contributed by atoms with Gasteiger partial charge in [-0.05, 0) is 29.8 Å². The summed E-state index contributed by atoms with van der Waals surface area (Å²) in [5.74, 6) is -0.433. The number of aromatic nitrogens is 1. The first-order valence-corrected chi connectivity index (χ1v) is 11.3. The Morgan fingerprint density at radius 1 is 1.19 bits per heavy atom. The van der Waals surface area contributed by atoms with Crippen LogP contribution >= 0.6 is 0 Å². The molecule has 2 saturated heterocycles. The molecule has 0 aliphatic carbocycles. The predicted octanol–water partition coefficient (Wildman–Crippen LogP) is 0.625. The summed E-state index contributed by atoms with van der Waals surface area (Å²) in [6, 6.07) is 9.16. The van der Waals surface area contributed by atoms with E-state index in [1.54, 1.807) is 30.3 Å². The first kappa shape index (κ1) is 22.0. The van der Waals surface area contributed by atoms with E-state index in [1.807, 2.05) is 0 Å². The van der Waals surface area contributed by atoms with Gasteiger partial charge in [0.25, 0.3) is 17.7 Å². The number of rotatable bonds is 5. The van der Waals surface area contributed by atoms with Crippen molar-refractivity contribution in [2.24, 2.45) is 0 Å². The van der Waals surface area contributed by atoms with Crippen LogP contribution in [0.15, 0.2) is 40.8 Å². The van der Waals surface area contributed by atoms with Crippen LogP contribution in [0.4, 0.5) is 10.6 Å². The molecule has 5 heterocycles. The fraction of sp³-hybridized carbons (Fsp3) is 0.292. The highest BCUT2D eigenvalue weighted by molar-refractivity contribution is 6.08. The number of benzene rings is 1. The number of carbonyl (C=O) groups is 4. The Morgan fingerprint density at radius 3 is 2.72 bits per heavy atom. The van der Waals surface area contributed by atoms with E-state index in [1.165, 1.54) is 23.0 Å². The third-order valence-electron chi connectivity index (χ3n) is 6.80. The van der Waals surface area contributed by atoms with Crippen LogP contribution < -0.4 is 20.3 Å². The highest BCUT2D eigenvalue weighted by Gasteiger charge is 2.53. The van der Waals surface area contributed by atoms with Gasteiger partial charge in [0.1, 0.15) is 28.9 Å². The molecule has 0 spiro atoms. The molecule has 0 saturated carbocycles. The Morgan fingerprint density at radius 2 is 2.03 bits per heavy atom. The molecule has 3 aliphatic rings. The van der Waals surface area contributed by atoms with Gasteiger partial charge in [0.05, 0.1) is 13.7 Å². The Hall–Kier alpha value is -4.45. The lowest BCUT2D eigenvalue weighted by atomic mass is 9.95. The first-order chi connectivity index (χ1) is 17.3. The highest BCUT2D eigenvalue weighted by Crippen LogP contribution is 2.35. The van der Waals surface area contributed by atoms with Crippen LogP contribution in [0, 0.1) is 0 Å². The van der Waals surface area contributed by atoms with Crippen LogP contribution in [0.5, 0.6) is 5.75 Å². The van der Waals surface area contributed by atoms with Gasteiger partial charge in [-0.2, -0.15) is 0 Å². The van der Waals surface area contributed by atoms with E-state index in [9.17, 15) is 24.3 Å². The number of imide groups is 1. The zero-order valence-electron chi connectivity index (χ0n) is 19.1. The van der Waals surface area contributed by atoms with E-state index in [0.29, 0.717) is 41.2 Å². The summed E-state index contributed by atoms with van der Waals surface area (Å²) < 4.78 is 11.2. The monoisotopic (exact) mass is 491 g/mol. The van der Waals surface area contributed by atoms with E-state index in [4.69, 9.17) is 9.15 Å². The van der Waals surface area contributed by atoms with E-state index < -0.39 is 29.5 Å². The Balaban J connectivity index is 1.36. The number of amides is 5. The molecule has 0 bridgehead atoms. The average Bonchev–Trinajstić information content (AvgIpc) is 3.59. The molecule has 5 amide bonds. The van der Waals surface area contributed by atoms with E-state index in [0.717, 1.165) is 5.56 Å². The van der Waals surface area contributed by atoms with Gasteiger partial charge >= 0.3 is 6.03 Å². The molecule has 2 unspecified atom stereocenters. The van der Waals surface area contributed by atoms with Crippen LogP contribution in [-0.2, 0) is 21.7 Å². The molecule has 2 aromatic heterocycles. The number of carbonyl (C=O) groups excluding carboxylic acids is 4. The average molecular weight is 491 g/mol. The van der Waals surface area contributed by atoms with Crippen molar-refractivity contribution in [3.8, 4) is 5.75 Å². The van der Waals surface area contributed by atoms with Gasteiger partial charge in [0, 0.05) is 31.1 Å². The highest BCUT2D eigenvalue weighted by atomic mass is 16.5. The topological polar surface area (TPSA) is 154 Å². The predicted molar refractivity (Wildman–Crippen MR) is 123 cm³/mol. The molecule has 12 nitrogen and oxygen atoms in total. The number of nitrogens with one attached hydrogen (secondary N) is 2. The second-order valence-corrected chi connectivity index (χ2v) is 8.96. The summed E-state index contributed by atoms with van der Waals surface area (Å²) in [7, 11) is 1.51. The molecule has 12 heteroatoms. The number of hydrogen-bond donors (Lipinski definition) is 3. The molecule has 6 rings (SSSR count). The number of aliphatic hydroxyl groups is 1. The zero-order chi connectivity index (χ0) is 25.2. The van der Waals surface area contributed by atoms with Gasteiger partial charge < -0.3 is 24.5 Å². The lowest BCUT2D eigenvalue weighted by Gasteiger charge is -2.28. The molecule has 2 atom stereocenters. The number of anilines is 1. The van der Waals surface area contributed by atoms with Crippen LogP contribution in [-0.4, -0.2) is 65.0 Å². The van der Waals surface area contributed by atoms with Crippen molar-refractivity contribution >= 4 is 40.7 Å². The minimum Gasteiger partial charge on any atom is -0.497 e. The summed E-state index contributed by atoms with van der Waals surface area (Å²) in [6.45, 7) is 0.392. The van der Waals surface area contributed by atoms with E-state index in [2.05, 4.69) is 15.6 Å². The van der Waals surface area contributed by atoms with Gasteiger partial charge in [-0.1, -0.05) is 6.07 Å². The summed E-state index contributed by atoms with van der Waals surface area (Å²) in [5, 5.41) is 14.6. The lowest BCUT2D eigenvalue weighted by Crippen LogP contribution is -2.52. The fourth-order valence-corrected chi connectivity index (χ4v) is 4.90. The lowest BCUT2D eigenvalue weighted by molar-refractivity contribution is -0.125. The number of pyridine rings is 1. The Bertz CT molecular complexity index is 1470. The molecule has 1 aromatic carbocycles. The number of ether oxygens (including phenoxy) is 1. The third-order valence-corrected chi connectivity index (χ3v) is 6.80. The summed E-state index contributed by atoms with van der Waals surface area (Å²) in [6.07, 6.45) is -0.757. The van der Waals surface area contributed by atoms with Gasteiger partial charge in [-0.25, -0.2) is 9.78 Å². The van der Waals surface area contributed by atoms with E-state index >= 15 is 0 Å². The van der Waals surface area contributed by atoms with Gasteiger partial charge in [-0.3, -0.25) is 24.6 Å². The van der Waals surface area contributed by atoms with Crippen molar-refractivity contribution < 1.29 is 33.4 Å². The van der Waals surface area contributed by atoms with Crippen LogP contribution in [0.2, 0.25) is 0 Å². The molecule has 3 aliphatic heterocycles. The number of nitrogens with zero attached hydrogens (tertiary/aromatic N) is 3. The number of furan rings is 1. The maximum atomic E-state index is 13.2. The molecule has 2 fully saturated rings. The Labute approximate surface area is 203 Å². The summed E-state index contributed by atoms with van der Waals surface area (Å²) in [4.78, 5) is 58.0. The second-order valence-electron chi connectivity index (χ2n) is 8.96. The number of hydrogen-bond acceptors (Lipinski definition) is 8. The number of methoxy groups -OCH3 is 1. The fourth-order valence-electron chi connectivity index (χ4n) is 4.90. The second kappa shape index (κ2) is 7.78. The third kappa shape index (κ3) is 3.22. The Kier molecular flexibility index (Phi) is 4.76. The normalized spacial score (nSPS) is 23.4. The summed E-state index contributed by atoms with van der Waals surface area (Å²) >= 11 is 0. The molecular formula is C24H21N5O7. The largest absolute Gasteiger partial charge is 0.497 e. The molecule has 3 N–H and O–H groups in total. The molecular weight excluding hydrogens is 470 g/mol. The maximum Gasteiger partial charge on any atom is 0.322 e. The van der Waals surface area contributed by atoms with Gasteiger partial charge in [-0.15, -0.1) is 0 Å². The molecule has 36 heavy (non-hydrogen) atoms. The SMILES string of the molecule is COc1ccc2c(c1)C(=O)N(CC1(c3cc4nc(N5CCC(O)C5=O)ccc4o3)NC(=O)NC1=O)C2. The molecule has 0 radical (unpaired) electrons. The summed E-state index contributed by atoms with van der Waals surface area (Å²) in [5.41, 5.74) is 0.233. The van der Waals surface area contributed by atoms with E-state index in [-0.39, 0.29) is 24.8 Å². The molecule has 184 valence electrons. The maximum absolute atomic E-state index is 13.2. The van der Waals surface area contributed by atoms with Crippen molar-refractivity contribution in [3.05, 3.63) is 53.3 Å². The van der Waals surface area contributed by atoms with Crippen molar-refractivity contribution in [3.63, 3.8) is 0 Å². The smallest absolute Gasteiger partial charge is 0.322 e.